The summed E-state index contributed by atoms with van der Waals surface area (Å²) in [5.74, 6) is 0. The van der Waals surface area contributed by atoms with Gasteiger partial charge in [-0.1, -0.05) is 18.7 Å². The Hall–Kier alpha value is -2.08. The molecule has 0 aliphatic heterocycles. The van der Waals surface area contributed by atoms with Crippen LogP contribution in [0.3, 0.4) is 0 Å². The first-order valence-corrected chi connectivity index (χ1v) is 4.59. The highest BCUT2D eigenvalue weighted by atomic mass is 15.1. The zero-order chi connectivity index (χ0) is 11.1. The number of hydrogen-bond acceptors (Lipinski definition) is 2. The van der Waals surface area contributed by atoms with Crippen LogP contribution < -0.4 is 0 Å². The van der Waals surface area contributed by atoms with Gasteiger partial charge in [-0.05, 0) is 23.9 Å². The van der Waals surface area contributed by atoms with Crippen molar-refractivity contribution in [2.75, 3.05) is 7.05 Å². The second-order valence-electron chi connectivity index (χ2n) is 3.04. The quantitative estimate of drug-likeness (QED) is 0.550. The second kappa shape index (κ2) is 5.61. The lowest BCUT2D eigenvalue weighted by Crippen LogP contribution is -2.13. The maximum Gasteiger partial charge on any atom is 0.0991 e. The van der Waals surface area contributed by atoms with Crippen molar-refractivity contribution < 1.29 is 0 Å². The molecular weight excluding hydrogens is 186 g/mol. The van der Waals surface area contributed by atoms with Crippen LogP contribution in [-0.2, 0) is 6.54 Å². The van der Waals surface area contributed by atoms with Crippen molar-refractivity contribution in [2.24, 2.45) is 4.99 Å². The predicted molar refractivity (Wildman–Crippen MR) is 61.3 cm³/mol. The van der Waals surface area contributed by atoms with Gasteiger partial charge in [0.1, 0.15) is 0 Å². The van der Waals surface area contributed by atoms with E-state index in [2.05, 4.69) is 17.6 Å². The summed E-state index contributed by atoms with van der Waals surface area (Å²) in [5.41, 5.74) is 1.79. The summed E-state index contributed by atoms with van der Waals surface area (Å²) < 4.78 is 0. The summed E-state index contributed by atoms with van der Waals surface area (Å²) in [4.78, 5) is 5.79. The lowest BCUT2D eigenvalue weighted by Gasteiger charge is -2.13. The summed E-state index contributed by atoms with van der Waals surface area (Å²) in [6.07, 6.45) is 3.43. The minimum absolute atomic E-state index is 0.674. The van der Waals surface area contributed by atoms with Gasteiger partial charge in [0.2, 0.25) is 0 Å². The predicted octanol–water partition coefficient (Wildman–Crippen LogP) is 2.16. The van der Waals surface area contributed by atoms with Crippen molar-refractivity contribution in [2.45, 2.75) is 6.54 Å². The van der Waals surface area contributed by atoms with Crippen LogP contribution in [0.1, 0.15) is 11.1 Å². The average Bonchev–Trinajstić information content (AvgIpc) is 2.29. The van der Waals surface area contributed by atoms with Gasteiger partial charge in [-0.25, -0.2) is 0 Å². The molecule has 0 aliphatic rings. The number of rotatable bonds is 4. The third kappa shape index (κ3) is 3.28. The van der Waals surface area contributed by atoms with E-state index in [-0.39, 0.29) is 0 Å². The Balaban J connectivity index is 2.72. The smallest absolute Gasteiger partial charge is 0.0991 e. The molecule has 1 aromatic carbocycles. The van der Waals surface area contributed by atoms with Crippen molar-refractivity contribution in [3.05, 3.63) is 48.2 Å². The standard InChI is InChI=1S/C12H13N3/c1-3-15(10-14-2)9-12-6-4-11(8-13)5-7-12/h3-7,10H,1,9H2,2H3. The first-order chi connectivity index (χ1) is 7.30. The summed E-state index contributed by atoms with van der Waals surface area (Å²) in [7, 11) is 1.72. The molecule has 3 nitrogen and oxygen atoms in total. The average molecular weight is 199 g/mol. The molecular formula is C12H13N3. The van der Waals surface area contributed by atoms with E-state index in [1.54, 1.807) is 31.7 Å². The van der Waals surface area contributed by atoms with Crippen molar-refractivity contribution in [1.29, 1.82) is 5.26 Å². The molecule has 0 spiro atoms. The SMILES string of the molecule is C=CN(C=NC)Cc1ccc(C#N)cc1. The molecule has 1 rings (SSSR count). The fourth-order valence-corrected chi connectivity index (χ4v) is 1.20. The first kappa shape index (κ1) is 11.0. The van der Waals surface area contributed by atoms with E-state index in [4.69, 9.17) is 5.26 Å². The summed E-state index contributed by atoms with van der Waals surface area (Å²) >= 11 is 0. The molecule has 3 heteroatoms. The van der Waals surface area contributed by atoms with Crippen molar-refractivity contribution in [3.63, 3.8) is 0 Å². The summed E-state index contributed by atoms with van der Waals surface area (Å²) in [6, 6.07) is 9.56. The van der Waals surface area contributed by atoms with Crippen molar-refractivity contribution in [3.8, 4) is 6.07 Å². The monoisotopic (exact) mass is 199 g/mol. The van der Waals surface area contributed by atoms with Gasteiger partial charge in [-0.15, -0.1) is 0 Å². The Morgan fingerprint density at radius 3 is 2.60 bits per heavy atom. The van der Waals surface area contributed by atoms with E-state index in [0.29, 0.717) is 12.1 Å². The molecule has 15 heavy (non-hydrogen) atoms. The minimum atomic E-state index is 0.674. The molecule has 0 aromatic heterocycles. The summed E-state index contributed by atoms with van der Waals surface area (Å²) in [6.45, 7) is 4.41. The molecule has 0 radical (unpaired) electrons. The van der Waals surface area contributed by atoms with E-state index < -0.39 is 0 Å². The molecule has 0 heterocycles. The van der Waals surface area contributed by atoms with Crippen molar-refractivity contribution >= 4 is 6.34 Å². The maximum absolute atomic E-state index is 8.64. The molecule has 0 bridgehead atoms. The van der Waals surface area contributed by atoms with Crippen LogP contribution in [0, 0.1) is 11.3 Å². The normalized spacial score (nSPS) is 9.87. The number of nitrogens with zero attached hydrogens (tertiary/aromatic N) is 3. The zero-order valence-electron chi connectivity index (χ0n) is 8.72. The van der Waals surface area contributed by atoms with E-state index in [1.807, 2.05) is 17.0 Å². The van der Waals surface area contributed by atoms with Gasteiger partial charge < -0.3 is 4.90 Å². The third-order valence-corrected chi connectivity index (χ3v) is 1.95. The molecule has 0 amide bonds. The molecule has 1 aromatic rings. The number of benzene rings is 1. The van der Waals surface area contributed by atoms with E-state index in [1.165, 1.54) is 0 Å². The first-order valence-electron chi connectivity index (χ1n) is 4.59. The second-order valence-corrected chi connectivity index (χ2v) is 3.04. The van der Waals surface area contributed by atoms with Crippen LogP contribution in [0.25, 0.3) is 0 Å². The number of hydrogen-bond donors (Lipinski definition) is 0. The highest BCUT2D eigenvalue weighted by Gasteiger charge is 1.97. The number of nitriles is 1. The molecule has 0 fully saturated rings. The maximum atomic E-state index is 8.64. The molecule has 0 atom stereocenters. The van der Waals surface area contributed by atoms with Crippen LogP contribution in [0.5, 0.6) is 0 Å². The van der Waals surface area contributed by atoms with E-state index in [0.717, 1.165) is 5.56 Å². The third-order valence-electron chi connectivity index (χ3n) is 1.95. The highest BCUT2D eigenvalue weighted by molar-refractivity contribution is 5.56. The number of aliphatic imine (C=N–C) groups is 1. The highest BCUT2D eigenvalue weighted by Crippen LogP contribution is 2.06. The van der Waals surface area contributed by atoms with E-state index in [9.17, 15) is 0 Å². The zero-order valence-corrected chi connectivity index (χ0v) is 8.72. The minimum Gasteiger partial charge on any atom is -0.336 e. The summed E-state index contributed by atoms with van der Waals surface area (Å²) in [5, 5.41) is 8.64. The molecule has 0 saturated heterocycles. The molecule has 0 unspecified atom stereocenters. The van der Waals surface area contributed by atoms with Crippen LogP contribution >= 0.6 is 0 Å². The van der Waals surface area contributed by atoms with E-state index >= 15 is 0 Å². The van der Waals surface area contributed by atoms with Crippen LogP contribution in [-0.4, -0.2) is 18.3 Å². The largest absolute Gasteiger partial charge is 0.336 e. The van der Waals surface area contributed by atoms with Gasteiger partial charge in [0.25, 0.3) is 0 Å². The molecule has 0 aliphatic carbocycles. The lowest BCUT2D eigenvalue weighted by molar-refractivity contribution is 0.569. The Morgan fingerprint density at radius 1 is 1.47 bits per heavy atom. The van der Waals surface area contributed by atoms with Crippen LogP contribution in [0.2, 0.25) is 0 Å². The Morgan fingerprint density at radius 2 is 2.13 bits per heavy atom. The molecule has 76 valence electrons. The van der Waals surface area contributed by atoms with Crippen LogP contribution in [0.4, 0.5) is 0 Å². The fraction of sp³-hybridized carbons (Fsp3) is 0.167. The molecule has 0 N–H and O–H groups in total. The lowest BCUT2D eigenvalue weighted by atomic mass is 10.1. The fourth-order valence-electron chi connectivity index (χ4n) is 1.20. The Labute approximate surface area is 90.0 Å². The van der Waals surface area contributed by atoms with Crippen LogP contribution in [0.15, 0.2) is 42.0 Å². The van der Waals surface area contributed by atoms with Gasteiger partial charge in [0.05, 0.1) is 18.0 Å². The Kier molecular flexibility index (Phi) is 4.11. The van der Waals surface area contributed by atoms with Crippen molar-refractivity contribution in [1.82, 2.24) is 4.90 Å². The topological polar surface area (TPSA) is 39.4 Å². The Bertz CT molecular complexity index is 384. The van der Waals surface area contributed by atoms with Gasteiger partial charge >= 0.3 is 0 Å². The van der Waals surface area contributed by atoms with Gasteiger partial charge in [-0.3, -0.25) is 4.99 Å². The molecule has 0 saturated carbocycles. The van der Waals surface area contributed by atoms with Gasteiger partial charge in [-0.2, -0.15) is 5.26 Å². The van der Waals surface area contributed by atoms with Gasteiger partial charge in [0.15, 0.2) is 0 Å². The van der Waals surface area contributed by atoms with Gasteiger partial charge in [0, 0.05) is 13.6 Å².